The Morgan fingerprint density at radius 3 is 2.54 bits per heavy atom. The van der Waals surface area contributed by atoms with Gasteiger partial charge in [0.25, 0.3) is 0 Å². The predicted molar refractivity (Wildman–Crippen MR) is 107 cm³/mol. The second kappa shape index (κ2) is 7.83. The van der Waals surface area contributed by atoms with Gasteiger partial charge in [-0.2, -0.15) is 0 Å². The average Bonchev–Trinajstić information content (AvgIpc) is 2.60. The van der Waals surface area contributed by atoms with Crippen molar-refractivity contribution in [2.24, 2.45) is 0 Å². The number of hydrogen-bond acceptors (Lipinski definition) is 3. The summed E-state index contributed by atoms with van der Waals surface area (Å²) in [5, 5.41) is 6.21. The predicted octanol–water partition coefficient (Wildman–Crippen LogP) is 4.93. The van der Waals surface area contributed by atoms with Crippen molar-refractivity contribution in [2.45, 2.75) is 27.2 Å². The van der Waals surface area contributed by atoms with Crippen molar-refractivity contribution in [2.75, 3.05) is 10.6 Å². The van der Waals surface area contributed by atoms with E-state index in [9.17, 15) is 4.79 Å². The summed E-state index contributed by atoms with van der Waals surface area (Å²) in [6, 6.07) is 17.8. The Bertz CT molecular complexity index is 917. The lowest BCUT2D eigenvalue weighted by atomic mass is 10.1. The van der Waals surface area contributed by atoms with E-state index in [0.29, 0.717) is 12.1 Å². The molecule has 0 atom stereocenters. The zero-order chi connectivity index (χ0) is 18.5. The minimum Gasteiger partial charge on any atom is -0.340 e. The van der Waals surface area contributed by atoms with Gasteiger partial charge in [0, 0.05) is 5.69 Å². The summed E-state index contributed by atoms with van der Waals surface area (Å²) in [6.45, 7) is 6.19. The van der Waals surface area contributed by atoms with E-state index in [4.69, 9.17) is 0 Å². The molecule has 0 saturated heterocycles. The highest BCUT2D eigenvalue weighted by Crippen LogP contribution is 2.22. The van der Waals surface area contributed by atoms with Crippen LogP contribution in [0.25, 0.3) is 0 Å². The fourth-order valence-electron chi connectivity index (χ4n) is 2.78. The van der Waals surface area contributed by atoms with Gasteiger partial charge in [0.05, 0.1) is 18.3 Å². The molecular formula is C22H23N3O. The molecule has 1 amide bonds. The fourth-order valence-corrected chi connectivity index (χ4v) is 2.78. The monoisotopic (exact) mass is 345 g/mol. The molecule has 0 unspecified atom stereocenters. The van der Waals surface area contributed by atoms with E-state index < -0.39 is 0 Å². The second-order valence-electron chi connectivity index (χ2n) is 6.52. The SMILES string of the molecule is Cc1cccc(CC(=O)Nc2ccc(Nc3cccc(C)c3C)nc2)c1. The van der Waals surface area contributed by atoms with Gasteiger partial charge in [0.2, 0.25) is 5.91 Å². The first-order chi connectivity index (χ1) is 12.5. The molecule has 0 radical (unpaired) electrons. The van der Waals surface area contributed by atoms with E-state index in [1.54, 1.807) is 6.20 Å². The van der Waals surface area contributed by atoms with Crippen LogP contribution in [0.4, 0.5) is 17.2 Å². The second-order valence-corrected chi connectivity index (χ2v) is 6.52. The lowest BCUT2D eigenvalue weighted by Gasteiger charge is -2.11. The van der Waals surface area contributed by atoms with Crippen molar-refractivity contribution in [1.29, 1.82) is 0 Å². The molecule has 2 N–H and O–H groups in total. The number of nitrogens with one attached hydrogen (secondary N) is 2. The Hall–Kier alpha value is -3.14. The summed E-state index contributed by atoms with van der Waals surface area (Å²) >= 11 is 0. The molecule has 0 aliphatic carbocycles. The number of hydrogen-bond donors (Lipinski definition) is 2. The van der Waals surface area contributed by atoms with Crippen LogP contribution in [0.15, 0.2) is 60.8 Å². The summed E-state index contributed by atoms with van der Waals surface area (Å²) in [5.41, 5.74) is 6.31. The molecule has 132 valence electrons. The maximum atomic E-state index is 12.2. The molecule has 0 aliphatic heterocycles. The minimum absolute atomic E-state index is 0.0485. The number of amides is 1. The number of benzene rings is 2. The van der Waals surface area contributed by atoms with Gasteiger partial charge in [0.15, 0.2) is 0 Å². The van der Waals surface area contributed by atoms with Crippen molar-refractivity contribution in [3.05, 3.63) is 83.0 Å². The van der Waals surface area contributed by atoms with Crippen LogP contribution in [0.2, 0.25) is 0 Å². The quantitative estimate of drug-likeness (QED) is 0.689. The number of pyridine rings is 1. The number of aryl methyl sites for hydroxylation is 2. The first kappa shape index (κ1) is 17.7. The van der Waals surface area contributed by atoms with Gasteiger partial charge >= 0.3 is 0 Å². The zero-order valence-electron chi connectivity index (χ0n) is 15.3. The summed E-state index contributed by atoms with van der Waals surface area (Å²) in [5.74, 6) is 0.697. The molecule has 1 heterocycles. The highest BCUT2D eigenvalue weighted by Gasteiger charge is 2.06. The van der Waals surface area contributed by atoms with Gasteiger partial charge < -0.3 is 10.6 Å². The van der Waals surface area contributed by atoms with Crippen LogP contribution in [0.3, 0.4) is 0 Å². The molecule has 0 fully saturated rings. The lowest BCUT2D eigenvalue weighted by Crippen LogP contribution is -2.14. The largest absolute Gasteiger partial charge is 0.340 e. The van der Waals surface area contributed by atoms with Gasteiger partial charge in [-0.1, -0.05) is 42.0 Å². The van der Waals surface area contributed by atoms with E-state index in [1.807, 2.05) is 55.5 Å². The number of carbonyl (C=O) groups excluding carboxylic acids is 1. The Kier molecular flexibility index (Phi) is 5.32. The van der Waals surface area contributed by atoms with Crippen LogP contribution < -0.4 is 10.6 Å². The summed E-state index contributed by atoms with van der Waals surface area (Å²) in [4.78, 5) is 16.6. The third kappa shape index (κ3) is 4.48. The third-order valence-electron chi connectivity index (χ3n) is 4.36. The topological polar surface area (TPSA) is 54.0 Å². The molecule has 0 aliphatic rings. The van der Waals surface area contributed by atoms with Crippen molar-refractivity contribution < 1.29 is 4.79 Å². The fraction of sp³-hybridized carbons (Fsp3) is 0.182. The molecule has 0 spiro atoms. The number of anilines is 3. The Morgan fingerprint density at radius 1 is 1.00 bits per heavy atom. The first-order valence-electron chi connectivity index (χ1n) is 8.66. The highest BCUT2D eigenvalue weighted by atomic mass is 16.1. The number of nitrogens with zero attached hydrogens (tertiary/aromatic N) is 1. The van der Waals surface area contributed by atoms with Gasteiger partial charge in [-0.05, 0) is 55.7 Å². The van der Waals surface area contributed by atoms with Crippen LogP contribution >= 0.6 is 0 Å². The molecule has 1 aromatic heterocycles. The van der Waals surface area contributed by atoms with Crippen LogP contribution in [0.1, 0.15) is 22.3 Å². The molecular weight excluding hydrogens is 322 g/mol. The lowest BCUT2D eigenvalue weighted by molar-refractivity contribution is -0.115. The molecule has 0 saturated carbocycles. The van der Waals surface area contributed by atoms with E-state index in [0.717, 1.165) is 22.6 Å². The van der Waals surface area contributed by atoms with E-state index in [2.05, 4.69) is 35.5 Å². The molecule has 3 rings (SSSR count). The molecule has 2 aromatic carbocycles. The van der Waals surface area contributed by atoms with Crippen LogP contribution in [-0.2, 0) is 11.2 Å². The molecule has 4 heteroatoms. The molecule has 3 aromatic rings. The highest BCUT2D eigenvalue weighted by molar-refractivity contribution is 5.92. The van der Waals surface area contributed by atoms with Crippen molar-refractivity contribution in [1.82, 2.24) is 4.98 Å². The average molecular weight is 345 g/mol. The Labute approximate surface area is 154 Å². The van der Waals surface area contributed by atoms with Crippen molar-refractivity contribution in [3.8, 4) is 0 Å². The maximum Gasteiger partial charge on any atom is 0.228 e. The molecule has 0 bridgehead atoms. The summed E-state index contributed by atoms with van der Waals surface area (Å²) in [6.07, 6.45) is 2.02. The van der Waals surface area contributed by atoms with Gasteiger partial charge in [0.1, 0.15) is 5.82 Å². The number of aromatic nitrogens is 1. The van der Waals surface area contributed by atoms with Gasteiger partial charge in [-0.25, -0.2) is 4.98 Å². The standard InChI is InChI=1S/C22H23N3O/c1-15-6-4-8-18(12-15)13-22(26)24-19-10-11-21(23-14-19)25-20-9-5-7-16(2)17(20)3/h4-12,14H,13H2,1-3H3,(H,23,25)(H,24,26). The maximum absolute atomic E-state index is 12.2. The Balaban J connectivity index is 1.62. The third-order valence-corrected chi connectivity index (χ3v) is 4.36. The Morgan fingerprint density at radius 2 is 1.81 bits per heavy atom. The van der Waals surface area contributed by atoms with Crippen molar-refractivity contribution in [3.63, 3.8) is 0 Å². The van der Waals surface area contributed by atoms with Gasteiger partial charge in [-0.3, -0.25) is 4.79 Å². The minimum atomic E-state index is -0.0485. The van der Waals surface area contributed by atoms with E-state index in [1.165, 1.54) is 11.1 Å². The van der Waals surface area contributed by atoms with Crippen molar-refractivity contribution >= 4 is 23.1 Å². The van der Waals surface area contributed by atoms with Crippen LogP contribution in [-0.4, -0.2) is 10.9 Å². The first-order valence-corrected chi connectivity index (χ1v) is 8.66. The summed E-state index contributed by atoms with van der Waals surface area (Å²) in [7, 11) is 0. The van der Waals surface area contributed by atoms with E-state index >= 15 is 0 Å². The van der Waals surface area contributed by atoms with Crippen LogP contribution in [0, 0.1) is 20.8 Å². The van der Waals surface area contributed by atoms with Gasteiger partial charge in [-0.15, -0.1) is 0 Å². The normalized spacial score (nSPS) is 10.4. The zero-order valence-corrected chi connectivity index (χ0v) is 15.3. The summed E-state index contributed by atoms with van der Waals surface area (Å²) < 4.78 is 0. The van der Waals surface area contributed by atoms with E-state index in [-0.39, 0.29) is 5.91 Å². The smallest absolute Gasteiger partial charge is 0.228 e. The number of rotatable bonds is 5. The number of carbonyl (C=O) groups is 1. The molecule has 26 heavy (non-hydrogen) atoms. The van der Waals surface area contributed by atoms with Crippen LogP contribution in [0.5, 0.6) is 0 Å². The molecule has 4 nitrogen and oxygen atoms in total.